The van der Waals surface area contributed by atoms with E-state index in [1.807, 2.05) is 31.2 Å². The third kappa shape index (κ3) is 3.00. The van der Waals surface area contributed by atoms with Crippen LogP contribution in [0.15, 0.2) is 42.5 Å². The van der Waals surface area contributed by atoms with Gasteiger partial charge in [0.15, 0.2) is 0 Å². The number of para-hydroxylation sites is 3. The Bertz CT molecular complexity index is 606. The first-order valence-electron chi connectivity index (χ1n) is 6.18. The second-order valence-corrected chi connectivity index (χ2v) is 4.32. The molecule has 0 aliphatic carbocycles. The summed E-state index contributed by atoms with van der Waals surface area (Å²) in [6.45, 7) is 1.88. The Morgan fingerprint density at radius 2 is 1.85 bits per heavy atom. The van der Waals surface area contributed by atoms with Gasteiger partial charge in [-0.2, -0.15) is 0 Å². The van der Waals surface area contributed by atoms with Gasteiger partial charge in [0.1, 0.15) is 5.75 Å². The van der Waals surface area contributed by atoms with Gasteiger partial charge in [0.25, 0.3) is 0 Å². The molecule has 0 bridgehead atoms. The fourth-order valence-electron chi connectivity index (χ4n) is 1.88. The number of aryl methyl sites for hydroxylation is 1. The highest BCUT2D eigenvalue weighted by Crippen LogP contribution is 2.25. The lowest BCUT2D eigenvalue weighted by atomic mass is 10.2. The van der Waals surface area contributed by atoms with Crippen LogP contribution in [0.2, 0.25) is 0 Å². The lowest BCUT2D eigenvalue weighted by Gasteiger charge is -2.13. The number of nitrogen functional groups attached to an aromatic ring is 1. The molecule has 0 heterocycles. The minimum absolute atomic E-state index is 0.365. The van der Waals surface area contributed by atoms with Crippen molar-refractivity contribution < 1.29 is 9.53 Å². The fourth-order valence-corrected chi connectivity index (χ4v) is 1.88. The minimum atomic E-state index is -0.365. The Morgan fingerprint density at radius 3 is 2.55 bits per heavy atom. The molecule has 2 rings (SSSR count). The van der Waals surface area contributed by atoms with Gasteiger partial charge in [0.2, 0.25) is 0 Å². The van der Waals surface area contributed by atoms with E-state index in [-0.39, 0.29) is 6.03 Å². The average Bonchev–Trinajstić information content (AvgIpc) is 2.44. The van der Waals surface area contributed by atoms with Crippen molar-refractivity contribution in [2.75, 3.05) is 23.5 Å². The number of nitrogens with one attached hydrogen (secondary N) is 2. The van der Waals surface area contributed by atoms with Gasteiger partial charge >= 0.3 is 6.03 Å². The molecule has 0 aromatic heterocycles. The van der Waals surface area contributed by atoms with Crippen LogP contribution in [0, 0.1) is 6.92 Å². The van der Waals surface area contributed by atoms with Gasteiger partial charge < -0.3 is 21.1 Å². The van der Waals surface area contributed by atoms with Crippen molar-refractivity contribution in [1.29, 1.82) is 0 Å². The molecule has 0 aliphatic heterocycles. The molecule has 20 heavy (non-hydrogen) atoms. The molecule has 2 aromatic rings. The second-order valence-electron chi connectivity index (χ2n) is 4.32. The van der Waals surface area contributed by atoms with E-state index < -0.39 is 0 Å². The van der Waals surface area contributed by atoms with Crippen LogP contribution in [-0.4, -0.2) is 13.1 Å². The molecule has 4 N–H and O–H groups in total. The molecular formula is C15H17N3O2. The third-order valence-corrected chi connectivity index (χ3v) is 2.90. The molecule has 0 saturated carbocycles. The van der Waals surface area contributed by atoms with E-state index in [0.717, 1.165) is 5.56 Å². The van der Waals surface area contributed by atoms with Crippen molar-refractivity contribution in [3.8, 4) is 5.75 Å². The summed E-state index contributed by atoms with van der Waals surface area (Å²) < 4.78 is 5.18. The van der Waals surface area contributed by atoms with E-state index >= 15 is 0 Å². The molecule has 0 saturated heterocycles. The van der Waals surface area contributed by atoms with Crippen molar-refractivity contribution in [3.63, 3.8) is 0 Å². The van der Waals surface area contributed by atoms with E-state index in [1.165, 1.54) is 0 Å². The number of benzene rings is 2. The summed E-state index contributed by atoms with van der Waals surface area (Å²) in [4.78, 5) is 12.0. The standard InChI is InChI=1S/C15H17N3O2/c1-10-6-5-7-11(16)14(10)18-15(19)17-12-8-3-4-9-13(12)20-2/h3-9H,16H2,1-2H3,(H2,17,18,19). The smallest absolute Gasteiger partial charge is 0.323 e. The van der Waals surface area contributed by atoms with Crippen LogP contribution in [0.3, 0.4) is 0 Å². The number of carbonyl (C=O) groups is 1. The number of carbonyl (C=O) groups excluding carboxylic acids is 1. The Kier molecular flexibility index (Phi) is 4.10. The molecule has 0 unspecified atom stereocenters. The van der Waals surface area contributed by atoms with Gasteiger partial charge in [-0.25, -0.2) is 4.79 Å². The van der Waals surface area contributed by atoms with E-state index in [4.69, 9.17) is 10.5 Å². The average molecular weight is 271 g/mol. The third-order valence-electron chi connectivity index (χ3n) is 2.90. The number of ether oxygens (including phenoxy) is 1. The molecule has 2 aromatic carbocycles. The lowest BCUT2D eigenvalue weighted by molar-refractivity contribution is 0.262. The Labute approximate surface area is 117 Å². The largest absolute Gasteiger partial charge is 0.495 e. The Balaban J connectivity index is 2.13. The van der Waals surface area contributed by atoms with E-state index in [0.29, 0.717) is 22.8 Å². The number of hydrogen-bond donors (Lipinski definition) is 3. The quantitative estimate of drug-likeness (QED) is 0.750. The number of anilines is 3. The van der Waals surface area contributed by atoms with Crippen molar-refractivity contribution in [3.05, 3.63) is 48.0 Å². The number of urea groups is 1. The highest BCUT2D eigenvalue weighted by Gasteiger charge is 2.09. The summed E-state index contributed by atoms with van der Waals surface area (Å²) in [6, 6.07) is 12.3. The molecule has 0 fully saturated rings. The maximum absolute atomic E-state index is 12.0. The predicted molar refractivity (Wildman–Crippen MR) is 81.2 cm³/mol. The maximum Gasteiger partial charge on any atom is 0.323 e. The number of hydrogen-bond acceptors (Lipinski definition) is 3. The van der Waals surface area contributed by atoms with Gasteiger partial charge in [0, 0.05) is 0 Å². The van der Waals surface area contributed by atoms with Gasteiger partial charge in [-0.3, -0.25) is 0 Å². The fraction of sp³-hybridized carbons (Fsp3) is 0.133. The van der Waals surface area contributed by atoms with Crippen molar-refractivity contribution in [2.45, 2.75) is 6.92 Å². The summed E-state index contributed by atoms with van der Waals surface area (Å²) in [7, 11) is 1.55. The molecule has 104 valence electrons. The maximum atomic E-state index is 12.0. The monoisotopic (exact) mass is 271 g/mol. The van der Waals surface area contributed by atoms with Crippen LogP contribution in [0.25, 0.3) is 0 Å². The SMILES string of the molecule is COc1ccccc1NC(=O)Nc1c(C)cccc1N. The van der Waals surface area contributed by atoms with Gasteiger partial charge in [-0.1, -0.05) is 24.3 Å². The summed E-state index contributed by atoms with van der Waals surface area (Å²) >= 11 is 0. The molecular weight excluding hydrogens is 254 g/mol. The van der Waals surface area contributed by atoms with Crippen molar-refractivity contribution in [1.82, 2.24) is 0 Å². The first-order chi connectivity index (χ1) is 9.61. The lowest BCUT2D eigenvalue weighted by Crippen LogP contribution is -2.21. The van der Waals surface area contributed by atoms with Crippen molar-refractivity contribution in [2.24, 2.45) is 0 Å². The predicted octanol–water partition coefficient (Wildman–Crippen LogP) is 3.23. The van der Waals surface area contributed by atoms with Gasteiger partial charge in [-0.15, -0.1) is 0 Å². The van der Waals surface area contributed by atoms with Crippen LogP contribution in [0.1, 0.15) is 5.56 Å². The highest BCUT2D eigenvalue weighted by molar-refractivity contribution is 6.02. The zero-order chi connectivity index (χ0) is 14.5. The molecule has 5 nitrogen and oxygen atoms in total. The highest BCUT2D eigenvalue weighted by atomic mass is 16.5. The molecule has 2 amide bonds. The normalized spacial score (nSPS) is 9.90. The number of methoxy groups -OCH3 is 1. The number of rotatable bonds is 3. The number of amides is 2. The van der Waals surface area contributed by atoms with Crippen LogP contribution >= 0.6 is 0 Å². The first-order valence-corrected chi connectivity index (χ1v) is 6.18. The molecule has 0 radical (unpaired) electrons. The summed E-state index contributed by atoms with van der Waals surface area (Å²) in [6.07, 6.45) is 0. The summed E-state index contributed by atoms with van der Waals surface area (Å²) in [5.41, 5.74) is 8.49. The summed E-state index contributed by atoms with van der Waals surface area (Å²) in [5, 5.41) is 5.48. The van der Waals surface area contributed by atoms with Crippen LogP contribution in [-0.2, 0) is 0 Å². The minimum Gasteiger partial charge on any atom is -0.495 e. The van der Waals surface area contributed by atoms with E-state index in [2.05, 4.69) is 10.6 Å². The Morgan fingerprint density at radius 1 is 1.10 bits per heavy atom. The van der Waals surface area contributed by atoms with E-state index in [9.17, 15) is 4.79 Å². The van der Waals surface area contributed by atoms with Crippen LogP contribution in [0.4, 0.5) is 21.9 Å². The van der Waals surface area contributed by atoms with Gasteiger partial charge in [0.05, 0.1) is 24.2 Å². The molecule has 0 aliphatic rings. The molecule has 0 spiro atoms. The molecule has 5 heteroatoms. The Hall–Kier alpha value is -2.69. The van der Waals surface area contributed by atoms with Crippen LogP contribution < -0.4 is 21.1 Å². The topological polar surface area (TPSA) is 76.4 Å². The first kappa shape index (κ1) is 13.7. The van der Waals surface area contributed by atoms with Crippen molar-refractivity contribution >= 4 is 23.1 Å². The van der Waals surface area contributed by atoms with E-state index in [1.54, 1.807) is 25.3 Å². The molecule has 0 atom stereocenters. The zero-order valence-corrected chi connectivity index (χ0v) is 11.4. The number of nitrogens with two attached hydrogens (primary N) is 1. The zero-order valence-electron chi connectivity index (χ0n) is 11.4. The van der Waals surface area contributed by atoms with Crippen LogP contribution in [0.5, 0.6) is 5.75 Å². The second kappa shape index (κ2) is 5.97. The van der Waals surface area contributed by atoms with Gasteiger partial charge in [-0.05, 0) is 30.7 Å². The summed E-state index contributed by atoms with van der Waals surface area (Å²) in [5.74, 6) is 0.598.